The lowest BCUT2D eigenvalue weighted by Crippen LogP contribution is -2.49. The standard InChI is InChI=1S/C25H24ClN5O3/c1-2-3-12-29-13-15-30(16-14-29)25(33)34-24-19-7-5-4-6-18(19)23(32)31(24)21-11-9-17-8-10-20(26)27-22(17)28-21/h2-11,24H,12-16H2,1H3/b3-2+. The highest BCUT2D eigenvalue weighted by Gasteiger charge is 2.42. The number of aromatic nitrogens is 2. The number of ether oxygens (including phenoxy) is 1. The fourth-order valence-corrected chi connectivity index (χ4v) is 4.40. The van der Waals surface area contributed by atoms with E-state index in [2.05, 4.69) is 20.9 Å². The minimum atomic E-state index is -0.915. The minimum Gasteiger partial charge on any atom is -0.420 e. The number of carbonyl (C=O) groups excluding carboxylic acids is 2. The molecule has 34 heavy (non-hydrogen) atoms. The molecule has 0 radical (unpaired) electrons. The monoisotopic (exact) mass is 477 g/mol. The minimum absolute atomic E-state index is 0.279. The van der Waals surface area contributed by atoms with Gasteiger partial charge in [0.25, 0.3) is 5.91 Å². The summed E-state index contributed by atoms with van der Waals surface area (Å²) in [6.07, 6.45) is 2.76. The van der Waals surface area contributed by atoms with Crippen molar-refractivity contribution in [2.75, 3.05) is 37.6 Å². The molecule has 2 aliphatic heterocycles. The van der Waals surface area contributed by atoms with Crippen molar-refractivity contribution in [3.05, 3.63) is 77.0 Å². The van der Waals surface area contributed by atoms with Gasteiger partial charge < -0.3 is 9.64 Å². The van der Waals surface area contributed by atoms with Gasteiger partial charge in [0.2, 0.25) is 6.23 Å². The second-order valence-corrected chi connectivity index (χ2v) is 8.59. The molecule has 9 heteroatoms. The SMILES string of the molecule is C/C=C/CN1CCN(C(=O)OC2c3ccccc3C(=O)N2c2ccc3ccc(Cl)nc3n2)CC1. The highest BCUT2D eigenvalue weighted by atomic mass is 35.5. The van der Waals surface area contributed by atoms with E-state index in [1.54, 1.807) is 35.2 Å². The summed E-state index contributed by atoms with van der Waals surface area (Å²) in [5, 5.41) is 1.10. The average Bonchev–Trinajstić information content (AvgIpc) is 3.14. The van der Waals surface area contributed by atoms with Gasteiger partial charge in [-0.15, -0.1) is 0 Å². The molecular weight excluding hydrogens is 454 g/mol. The van der Waals surface area contributed by atoms with E-state index >= 15 is 0 Å². The van der Waals surface area contributed by atoms with Gasteiger partial charge in [0.15, 0.2) is 5.65 Å². The van der Waals surface area contributed by atoms with E-state index in [1.807, 2.05) is 31.2 Å². The molecule has 1 unspecified atom stereocenters. The van der Waals surface area contributed by atoms with Crippen molar-refractivity contribution in [3.8, 4) is 0 Å². The topological polar surface area (TPSA) is 78.9 Å². The largest absolute Gasteiger partial charge is 0.420 e. The Kier molecular flexibility index (Phi) is 6.17. The lowest BCUT2D eigenvalue weighted by molar-refractivity contribution is 0.0472. The molecule has 4 heterocycles. The quantitative estimate of drug-likeness (QED) is 0.412. The lowest BCUT2D eigenvalue weighted by atomic mass is 10.1. The zero-order valence-electron chi connectivity index (χ0n) is 18.7. The maximum Gasteiger partial charge on any atom is 0.412 e. The van der Waals surface area contributed by atoms with Crippen LogP contribution < -0.4 is 4.90 Å². The van der Waals surface area contributed by atoms with Gasteiger partial charge in [-0.05, 0) is 37.3 Å². The number of allylic oxidation sites excluding steroid dienone is 1. The van der Waals surface area contributed by atoms with E-state index < -0.39 is 12.3 Å². The van der Waals surface area contributed by atoms with E-state index in [1.165, 1.54) is 4.90 Å². The van der Waals surface area contributed by atoms with Crippen molar-refractivity contribution in [1.29, 1.82) is 0 Å². The number of benzene rings is 1. The zero-order chi connectivity index (χ0) is 23.7. The summed E-state index contributed by atoms with van der Waals surface area (Å²) in [4.78, 5) is 40.6. The first-order valence-electron chi connectivity index (χ1n) is 11.2. The number of piperazine rings is 1. The Morgan fingerprint density at radius 2 is 1.85 bits per heavy atom. The molecule has 1 saturated heterocycles. The number of hydrogen-bond donors (Lipinski definition) is 0. The molecule has 0 bridgehead atoms. The molecule has 8 nitrogen and oxygen atoms in total. The Labute approximate surface area is 202 Å². The average molecular weight is 478 g/mol. The van der Waals surface area contributed by atoms with E-state index in [-0.39, 0.29) is 5.91 Å². The predicted octanol–water partition coefficient (Wildman–Crippen LogP) is 4.27. The van der Waals surface area contributed by atoms with E-state index in [0.717, 1.165) is 25.0 Å². The maximum atomic E-state index is 13.3. The number of fused-ring (bicyclic) bond motifs is 2. The van der Waals surface area contributed by atoms with Gasteiger partial charge in [-0.3, -0.25) is 14.6 Å². The van der Waals surface area contributed by atoms with E-state index in [0.29, 0.717) is 40.8 Å². The van der Waals surface area contributed by atoms with Crippen LogP contribution in [-0.2, 0) is 4.74 Å². The number of pyridine rings is 2. The second-order valence-electron chi connectivity index (χ2n) is 8.21. The number of carbonyl (C=O) groups is 2. The third-order valence-corrected chi connectivity index (χ3v) is 6.31. The van der Waals surface area contributed by atoms with Crippen LogP contribution in [0.25, 0.3) is 11.0 Å². The lowest BCUT2D eigenvalue weighted by Gasteiger charge is -2.34. The van der Waals surface area contributed by atoms with Crippen LogP contribution >= 0.6 is 11.6 Å². The first-order chi connectivity index (χ1) is 16.5. The number of anilines is 1. The molecule has 5 rings (SSSR count). The van der Waals surface area contributed by atoms with Crippen molar-refractivity contribution in [2.45, 2.75) is 13.2 Å². The molecule has 0 spiro atoms. The number of amides is 2. The fourth-order valence-electron chi connectivity index (χ4n) is 4.26. The third-order valence-electron chi connectivity index (χ3n) is 6.10. The normalized spacial score (nSPS) is 18.6. The predicted molar refractivity (Wildman–Crippen MR) is 130 cm³/mol. The van der Waals surface area contributed by atoms with Gasteiger partial charge in [-0.1, -0.05) is 42.0 Å². The van der Waals surface area contributed by atoms with Crippen LogP contribution in [0, 0.1) is 0 Å². The van der Waals surface area contributed by atoms with Gasteiger partial charge in [-0.25, -0.2) is 14.8 Å². The Bertz CT molecular complexity index is 1270. The van der Waals surface area contributed by atoms with Crippen molar-refractivity contribution >= 4 is 40.5 Å². The summed E-state index contributed by atoms with van der Waals surface area (Å²) in [5.41, 5.74) is 1.53. The smallest absolute Gasteiger partial charge is 0.412 e. The summed E-state index contributed by atoms with van der Waals surface area (Å²) in [6.45, 7) is 5.52. The molecule has 2 amide bonds. The summed E-state index contributed by atoms with van der Waals surface area (Å²) in [7, 11) is 0. The number of hydrogen-bond acceptors (Lipinski definition) is 6. The fraction of sp³-hybridized carbons (Fsp3) is 0.280. The molecule has 174 valence electrons. The molecule has 2 aromatic heterocycles. The number of rotatable bonds is 4. The maximum absolute atomic E-state index is 13.3. The van der Waals surface area contributed by atoms with Gasteiger partial charge in [0.1, 0.15) is 11.0 Å². The second kappa shape index (κ2) is 9.40. The van der Waals surface area contributed by atoms with E-state index in [4.69, 9.17) is 16.3 Å². The number of nitrogens with zero attached hydrogens (tertiary/aromatic N) is 5. The molecular formula is C25H24ClN5O3. The van der Waals surface area contributed by atoms with Crippen LogP contribution in [0.15, 0.2) is 60.7 Å². The summed E-state index contributed by atoms with van der Waals surface area (Å²) in [6, 6.07) is 14.2. The molecule has 0 aliphatic carbocycles. The van der Waals surface area contributed by atoms with Gasteiger partial charge >= 0.3 is 6.09 Å². The number of halogens is 1. The highest BCUT2D eigenvalue weighted by Crippen LogP contribution is 2.38. The third kappa shape index (κ3) is 4.22. The van der Waals surface area contributed by atoms with Gasteiger partial charge in [0, 0.05) is 49.2 Å². The van der Waals surface area contributed by atoms with Crippen molar-refractivity contribution in [2.24, 2.45) is 0 Å². The highest BCUT2D eigenvalue weighted by molar-refractivity contribution is 6.29. The zero-order valence-corrected chi connectivity index (χ0v) is 19.5. The first-order valence-corrected chi connectivity index (χ1v) is 11.6. The Morgan fingerprint density at radius 1 is 1.09 bits per heavy atom. The first kappa shape index (κ1) is 22.3. The van der Waals surface area contributed by atoms with E-state index in [9.17, 15) is 9.59 Å². The summed E-state index contributed by atoms with van der Waals surface area (Å²) >= 11 is 6.04. The van der Waals surface area contributed by atoms with Crippen LogP contribution in [0.3, 0.4) is 0 Å². The Hall–Kier alpha value is -3.49. The molecule has 3 aromatic rings. The molecule has 2 aliphatic rings. The molecule has 1 atom stereocenters. The van der Waals surface area contributed by atoms with Crippen molar-refractivity contribution in [1.82, 2.24) is 19.8 Å². The Morgan fingerprint density at radius 3 is 2.65 bits per heavy atom. The van der Waals surface area contributed by atoms with Crippen LogP contribution in [-0.4, -0.2) is 64.5 Å². The van der Waals surface area contributed by atoms with Crippen LogP contribution in [0.5, 0.6) is 0 Å². The van der Waals surface area contributed by atoms with Crippen molar-refractivity contribution < 1.29 is 14.3 Å². The van der Waals surface area contributed by atoms with Crippen molar-refractivity contribution in [3.63, 3.8) is 0 Å². The van der Waals surface area contributed by atoms with Crippen LogP contribution in [0.1, 0.15) is 29.1 Å². The van der Waals surface area contributed by atoms with Gasteiger partial charge in [0.05, 0.1) is 0 Å². The van der Waals surface area contributed by atoms with Crippen LogP contribution in [0.4, 0.5) is 10.6 Å². The Balaban J connectivity index is 1.41. The van der Waals surface area contributed by atoms with Gasteiger partial charge in [-0.2, -0.15) is 0 Å². The van der Waals surface area contributed by atoms with Crippen LogP contribution in [0.2, 0.25) is 5.15 Å². The summed E-state index contributed by atoms with van der Waals surface area (Å²) < 4.78 is 5.94. The molecule has 1 fully saturated rings. The molecule has 1 aromatic carbocycles. The summed E-state index contributed by atoms with van der Waals surface area (Å²) in [5.74, 6) is 0.0656. The molecule has 0 saturated carbocycles. The molecule has 0 N–H and O–H groups in total.